The minimum absolute atomic E-state index is 0.399. The molecule has 0 unspecified atom stereocenters. The van der Waals surface area contributed by atoms with E-state index >= 15 is 0 Å². The number of carbonyl (C=O) groups is 1. The van der Waals surface area contributed by atoms with Crippen LogP contribution >= 0.6 is 0 Å². The van der Waals surface area contributed by atoms with Crippen LogP contribution in [0, 0.1) is 0 Å². The maximum absolute atomic E-state index is 10.8. The fraction of sp³-hybridized carbons (Fsp3) is 0.364. The molecule has 0 aliphatic heterocycles. The Kier molecular flexibility index (Phi) is 5.60. The summed E-state index contributed by atoms with van der Waals surface area (Å²) in [6, 6.07) is 0. The number of rotatable bonds is 6. The van der Waals surface area contributed by atoms with Gasteiger partial charge < -0.3 is 5.11 Å². The van der Waals surface area contributed by atoms with Gasteiger partial charge in [0.15, 0.2) is 0 Å². The SMILES string of the molecule is C=CCC(C(=O)O)=C(C=C)CCC. The van der Waals surface area contributed by atoms with Crippen LogP contribution < -0.4 is 0 Å². The lowest BCUT2D eigenvalue weighted by Crippen LogP contribution is -2.03. The van der Waals surface area contributed by atoms with Gasteiger partial charge in [0.05, 0.1) is 0 Å². The van der Waals surface area contributed by atoms with Crippen molar-refractivity contribution < 1.29 is 9.90 Å². The molecule has 0 aromatic rings. The molecular formula is C11H16O2. The van der Waals surface area contributed by atoms with Gasteiger partial charge in [-0.3, -0.25) is 0 Å². The third kappa shape index (κ3) is 3.74. The van der Waals surface area contributed by atoms with Crippen molar-refractivity contribution in [2.75, 3.05) is 0 Å². The van der Waals surface area contributed by atoms with E-state index in [1.807, 2.05) is 6.92 Å². The molecule has 72 valence electrons. The van der Waals surface area contributed by atoms with Gasteiger partial charge in [0.1, 0.15) is 0 Å². The lowest BCUT2D eigenvalue weighted by Gasteiger charge is -2.05. The Labute approximate surface area is 79.3 Å². The molecule has 1 N–H and O–H groups in total. The van der Waals surface area contributed by atoms with Crippen LogP contribution in [-0.4, -0.2) is 11.1 Å². The fourth-order valence-corrected chi connectivity index (χ4v) is 1.15. The highest BCUT2D eigenvalue weighted by Gasteiger charge is 2.09. The van der Waals surface area contributed by atoms with E-state index in [-0.39, 0.29) is 0 Å². The zero-order chi connectivity index (χ0) is 10.3. The van der Waals surface area contributed by atoms with Crippen molar-refractivity contribution in [3.63, 3.8) is 0 Å². The number of hydrogen-bond acceptors (Lipinski definition) is 1. The largest absolute Gasteiger partial charge is 0.478 e. The third-order valence-corrected chi connectivity index (χ3v) is 1.76. The molecule has 0 heterocycles. The first kappa shape index (κ1) is 11.7. The second-order valence-corrected chi connectivity index (χ2v) is 2.76. The summed E-state index contributed by atoms with van der Waals surface area (Å²) < 4.78 is 0. The standard InChI is InChI=1S/C11H16O2/c1-4-7-9(6-3)10(8-5-2)11(12)13/h5-6H,2-4,7-8H2,1H3,(H,12,13). The summed E-state index contributed by atoms with van der Waals surface area (Å²) in [4.78, 5) is 10.8. The Morgan fingerprint density at radius 2 is 2.08 bits per heavy atom. The molecule has 0 rings (SSSR count). The average Bonchev–Trinajstić information content (AvgIpc) is 2.10. The second kappa shape index (κ2) is 6.23. The number of aliphatic carboxylic acids is 1. The summed E-state index contributed by atoms with van der Waals surface area (Å²) in [5.74, 6) is -0.872. The van der Waals surface area contributed by atoms with E-state index in [1.165, 1.54) is 0 Å². The van der Waals surface area contributed by atoms with Gasteiger partial charge in [0, 0.05) is 5.57 Å². The van der Waals surface area contributed by atoms with E-state index in [4.69, 9.17) is 5.11 Å². The Balaban J connectivity index is 4.86. The summed E-state index contributed by atoms with van der Waals surface area (Å²) in [5.41, 5.74) is 1.22. The van der Waals surface area contributed by atoms with Crippen LogP contribution in [0.3, 0.4) is 0 Å². The minimum Gasteiger partial charge on any atom is -0.478 e. The molecule has 0 fully saturated rings. The molecule has 0 aromatic heterocycles. The highest BCUT2D eigenvalue weighted by Crippen LogP contribution is 2.16. The van der Waals surface area contributed by atoms with Gasteiger partial charge in [-0.15, -0.1) is 6.58 Å². The minimum atomic E-state index is -0.872. The molecule has 13 heavy (non-hydrogen) atoms. The lowest BCUT2D eigenvalue weighted by molar-refractivity contribution is -0.132. The maximum atomic E-state index is 10.8. The van der Waals surface area contributed by atoms with E-state index in [2.05, 4.69) is 13.2 Å². The molecule has 0 aromatic carbocycles. The van der Waals surface area contributed by atoms with E-state index in [1.54, 1.807) is 12.2 Å². The van der Waals surface area contributed by atoms with Gasteiger partial charge in [-0.25, -0.2) is 4.79 Å². The van der Waals surface area contributed by atoms with Gasteiger partial charge in [-0.1, -0.05) is 32.1 Å². The summed E-state index contributed by atoms with van der Waals surface area (Å²) in [7, 11) is 0. The maximum Gasteiger partial charge on any atom is 0.332 e. The first-order valence-corrected chi connectivity index (χ1v) is 4.36. The molecule has 0 amide bonds. The predicted octanol–water partition coefficient (Wildman–Crippen LogP) is 2.93. The zero-order valence-corrected chi connectivity index (χ0v) is 8.05. The van der Waals surface area contributed by atoms with Crippen LogP contribution in [0.4, 0.5) is 0 Å². The van der Waals surface area contributed by atoms with Gasteiger partial charge in [-0.2, -0.15) is 0 Å². The van der Waals surface area contributed by atoms with Crippen LogP contribution in [0.2, 0.25) is 0 Å². The first-order valence-electron chi connectivity index (χ1n) is 4.36. The number of carboxylic acids is 1. The summed E-state index contributed by atoms with van der Waals surface area (Å²) in [5, 5.41) is 8.88. The van der Waals surface area contributed by atoms with Gasteiger partial charge in [-0.05, 0) is 18.4 Å². The van der Waals surface area contributed by atoms with Crippen molar-refractivity contribution in [1.29, 1.82) is 0 Å². The monoisotopic (exact) mass is 180 g/mol. The van der Waals surface area contributed by atoms with Crippen molar-refractivity contribution in [3.8, 4) is 0 Å². The average molecular weight is 180 g/mol. The van der Waals surface area contributed by atoms with Crippen molar-refractivity contribution in [2.45, 2.75) is 26.2 Å². The van der Waals surface area contributed by atoms with Crippen LogP contribution in [0.1, 0.15) is 26.2 Å². The number of carboxylic acid groups (broad SMARTS) is 1. The quantitative estimate of drug-likeness (QED) is 0.387. The van der Waals surface area contributed by atoms with Crippen molar-refractivity contribution >= 4 is 5.97 Å². The molecule has 0 bridgehead atoms. The normalized spacial score (nSPS) is 11.8. The van der Waals surface area contributed by atoms with Gasteiger partial charge in [0.2, 0.25) is 0 Å². The molecule has 0 atom stereocenters. The summed E-state index contributed by atoms with van der Waals surface area (Å²) >= 11 is 0. The molecular weight excluding hydrogens is 164 g/mol. The molecule has 0 radical (unpaired) electrons. The van der Waals surface area contributed by atoms with E-state index in [0.29, 0.717) is 12.0 Å². The van der Waals surface area contributed by atoms with E-state index in [0.717, 1.165) is 18.4 Å². The van der Waals surface area contributed by atoms with Crippen LogP contribution in [0.5, 0.6) is 0 Å². The second-order valence-electron chi connectivity index (χ2n) is 2.76. The zero-order valence-electron chi connectivity index (χ0n) is 8.05. The summed E-state index contributed by atoms with van der Waals surface area (Å²) in [6.07, 6.45) is 5.31. The molecule has 2 nitrogen and oxygen atoms in total. The first-order chi connectivity index (χ1) is 6.17. The highest BCUT2D eigenvalue weighted by atomic mass is 16.4. The third-order valence-electron chi connectivity index (χ3n) is 1.76. The Morgan fingerprint density at radius 1 is 1.46 bits per heavy atom. The number of hydrogen-bond donors (Lipinski definition) is 1. The van der Waals surface area contributed by atoms with Crippen LogP contribution in [0.25, 0.3) is 0 Å². The van der Waals surface area contributed by atoms with Crippen LogP contribution in [0.15, 0.2) is 36.5 Å². The van der Waals surface area contributed by atoms with Gasteiger partial charge in [0.25, 0.3) is 0 Å². The van der Waals surface area contributed by atoms with Crippen molar-refractivity contribution in [1.82, 2.24) is 0 Å². The number of allylic oxidation sites excluding steroid dienone is 3. The molecule has 0 aliphatic carbocycles. The van der Waals surface area contributed by atoms with Crippen LogP contribution in [-0.2, 0) is 4.79 Å². The molecule has 0 saturated heterocycles. The van der Waals surface area contributed by atoms with Crippen molar-refractivity contribution in [2.24, 2.45) is 0 Å². The smallest absolute Gasteiger partial charge is 0.332 e. The highest BCUT2D eigenvalue weighted by molar-refractivity contribution is 5.88. The fourth-order valence-electron chi connectivity index (χ4n) is 1.15. The van der Waals surface area contributed by atoms with Gasteiger partial charge >= 0.3 is 5.97 Å². The van der Waals surface area contributed by atoms with E-state index < -0.39 is 5.97 Å². The molecule has 0 aliphatic rings. The summed E-state index contributed by atoms with van der Waals surface area (Å²) in [6.45, 7) is 9.15. The Hall–Kier alpha value is -1.31. The molecule has 0 spiro atoms. The Bertz CT molecular complexity index is 236. The Morgan fingerprint density at radius 3 is 2.38 bits per heavy atom. The van der Waals surface area contributed by atoms with Crippen molar-refractivity contribution in [3.05, 3.63) is 36.5 Å². The topological polar surface area (TPSA) is 37.3 Å². The van der Waals surface area contributed by atoms with E-state index in [9.17, 15) is 4.79 Å². The molecule has 0 saturated carbocycles. The lowest BCUT2D eigenvalue weighted by atomic mass is 10.0. The molecule has 2 heteroatoms. The predicted molar refractivity (Wildman–Crippen MR) is 54.6 cm³/mol.